The fraction of sp³-hybridized carbons (Fsp3) is 0. The molecule has 0 atom stereocenters. The van der Waals surface area contributed by atoms with Gasteiger partial charge in [-0.25, -0.2) is 19.9 Å². The monoisotopic (exact) mass is 258 g/mol. The molecule has 0 spiro atoms. The summed E-state index contributed by atoms with van der Waals surface area (Å²) in [4.78, 5) is 16.0. The van der Waals surface area contributed by atoms with E-state index in [0.29, 0.717) is 5.65 Å². The summed E-state index contributed by atoms with van der Waals surface area (Å²) in [7, 11) is 0. The maximum Gasteiger partial charge on any atom is 0.182 e. The van der Waals surface area contributed by atoms with Gasteiger partial charge < -0.3 is 0 Å². The first-order chi connectivity index (χ1) is 5.38. The van der Waals surface area contributed by atoms with E-state index in [2.05, 4.69) is 42.5 Å². The van der Waals surface area contributed by atoms with Crippen LogP contribution in [0.2, 0.25) is 0 Å². The molecular formula is C6H3IN4. The molecule has 0 N–H and O–H groups in total. The second kappa shape index (κ2) is 2.65. The molecule has 2 aromatic rings. The van der Waals surface area contributed by atoms with Crippen molar-refractivity contribution in [3.63, 3.8) is 0 Å². The van der Waals surface area contributed by atoms with E-state index in [1.54, 1.807) is 12.4 Å². The van der Waals surface area contributed by atoms with E-state index in [1.165, 1.54) is 6.33 Å². The number of nitrogens with zero attached hydrogens (tertiary/aromatic N) is 4. The molecule has 5 heteroatoms. The molecule has 0 radical (unpaired) electrons. The van der Waals surface area contributed by atoms with Gasteiger partial charge in [-0.05, 0) is 22.6 Å². The van der Waals surface area contributed by atoms with Crippen LogP contribution in [0, 0.1) is 3.70 Å². The summed E-state index contributed by atoms with van der Waals surface area (Å²) in [5.41, 5.74) is 1.41. The molecule has 2 heterocycles. The van der Waals surface area contributed by atoms with Crippen LogP contribution in [0.5, 0.6) is 0 Å². The van der Waals surface area contributed by atoms with Gasteiger partial charge in [0.1, 0.15) is 15.5 Å². The van der Waals surface area contributed by atoms with Crippen molar-refractivity contribution in [3.8, 4) is 0 Å². The first kappa shape index (κ1) is 6.84. The van der Waals surface area contributed by atoms with Gasteiger partial charge in [0.15, 0.2) is 5.65 Å². The Morgan fingerprint density at radius 1 is 1.00 bits per heavy atom. The predicted molar refractivity (Wildman–Crippen MR) is 47.8 cm³/mol. The van der Waals surface area contributed by atoms with E-state index in [1.807, 2.05) is 0 Å². The van der Waals surface area contributed by atoms with Gasteiger partial charge in [0, 0.05) is 12.4 Å². The standard InChI is InChI=1S/C6H3IN4/c7-5-4-6(11-3-10-5)9-2-1-8-4/h1-3H. The van der Waals surface area contributed by atoms with Crippen molar-refractivity contribution in [1.29, 1.82) is 0 Å². The molecule has 0 saturated heterocycles. The number of aromatic nitrogens is 4. The Morgan fingerprint density at radius 3 is 2.64 bits per heavy atom. The van der Waals surface area contributed by atoms with Crippen molar-refractivity contribution >= 4 is 33.8 Å². The SMILES string of the molecule is Ic1ncnc2nccnc12. The van der Waals surface area contributed by atoms with Gasteiger partial charge in [-0.1, -0.05) is 0 Å². The normalized spacial score (nSPS) is 10.3. The zero-order valence-corrected chi connectivity index (χ0v) is 7.56. The molecular weight excluding hydrogens is 255 g/mol. The molecule has 2 aromatic heterocycles. The van der Waals surface area contributed by atoms with E-state index in [9.17, 15) is 0 Å². The molecule has 0 aliphatic heterocycles. The smallest absolute Gasteiger partial charge is 0.182 e. The fourth-order valence-electron chi connectivity index (χ4n) is 0.766. The Kier molecular flexibility index (Phi) is 1.65. The van der Waals surface area contributed by atoms with E-state index in [0.717, 1.165) is 9.22 Å². The minimum absolute atomic E-state index is 0.645. The number of fused-ring (bicyclic) bond motifs is 1. The lowest BCUT2D eigenvalue weighted by molar-refractivity contribution is 1.12. The summed E-state index contributed by atoms with van der Waals surface area (Å²) < 4.78 is 0.834. The largest absolute Gasteiger partial charge is 0.248 e. The van der Waals surface area contributed by atoms with Gasteiger partial charge >= 0.3 is 0 Å². The number of hydrogen-bond acceptors (Lipinski definition) is 4. The highest BCUT2D eigenvalue weighted by Crippen LogP contribution is 2.09. The fourth-order valence-corrected chi connectivity index (χ4v) is 1.27. The number of hydrogen-bond donors (Lipinski definition) is 0. The molecule has 0 fully saturated rings. The highest BCUT2D eigenvalue weighted by Gasteiger charge is 1.99. The lowest BCUT2D eigenvalue weighted by Gasteiger charge is -1.93. The zero-order valence-electron chi connectivity index (χ0n) is 5.40. The van der Waals surface area contributed by atoms with Crippen LogP contribution in [-0.2, 0) is 0 Å². The molecule has 0 aliphatic carbocycles. The van der Waals surface area contributed by atoms with Crippen LogP contribution in [-0.4, -0.2) is 19.9 Å². The zero-order chi connectivity index (χ0) is 7.68. The highest BCUT2D eigenvalue weighted by molar-refractivity contribution is 14.1. The van der Waals surface area contributed by atoms with Crippen LogP contribution >= 0.6 is 22.6 Å². The van der Waals surface area contributed by atoms with Crippen LogP contribution < -0.4 is 0 Å². The molecule has 0 saturated carbocycles. The summed E-state index contributed by atoms with van der Waals surface area (Å²) in [6.07, 6.45) is 4.73. The van der Waals surface area contributed by atoms with Crippen molar-refractivity contribution in [2.24, 2.45) is 0 Å². The molecule has 0 aromatic carbocycles. The molecule has 0 aliphatic rings. The van der Waals surface area contributed by atoms with Gasteiger partial charge in [0.25, 0.3) is 0 Å². The Bertz CT molecular complexity index is 384. The average molecular weight is 258 g/mol. The third-order valence-electron chi connectivity index (χ3n) is 1.23. The van der Waals surface area contributed by atoms with Crippen LogP contribution in [0.25, 0.3) is 11.2 Å². The second-order valence-corrected chi connectivity index (χ2v) is 2.91. The molecule has 0 amide bonds. The van der Waals surface area contributed by atoms with Gasteiger partial charge in [-0.2, -0.15) is 0 Å². The molecule has 0 bridgehead atoms. The molecule has 4 nitrogen and oxygen atoms in total. The van der Waals surface area contributed by atoms with Gasteiger partial charge in [-0.15, -0.1) is 0 Å². The second-order valence-electron chi connectivity index (χ2n) is 1.89. The average Bonchev–Trinajstić information content (AvgIpc) is 2.06. The Morgan fingerprint density at radius 2 is 1.82 bits per heavy atom. The Labute approximate surface area is 76.3 Å². The first-order valence-electron chi connectivity index (χ1n) is 2.95. The van der Waals surface area contributed by atoms with Crippen molar-refractivity contribution in [3.05, 3.63) is 22.4 Å². The van der Waals surface area contributed by atoms with Crippen molar-refractivity contribution < 1.29 is 0 Å². The predicted octanol–water partition coefficient (Wildman–Crippen LogP) is 1.02. The number of rotatable bonds is 0. The minimum atomic E-state index is 0.645. The summed E-state index contributed by atoms with van der Waals surface area (Å²) in [5, 5.41) is 0. The molecule has 0 unspecified atom stereocenters. The highest BCUT2D eigenvalue weighted by atomic mass is 127. The summed E-state index contributed by atoms with van der Waals surface area (Å²) in [6, 6.07) is 0. The third kappa shape index (κ3) is 1.15. The summed E-state index contributed by atoms with van der Waals surface area (Å²) >= 11 is 2.10. The maximum atomic E-state index is 4.09. The van der Waals surface area contributed by atoms with E-state index >= 15 is 0 Å². The number of halogens is 1. The topological polar surface area (TPSA) is 51.6 Å². The van der Waals surface area contributed by atoms with Gasteiger partial charge in [0.2, 0.25) is 0 Å². The van der Waals surface area contributed by atoms with E-state index in [-0.39, 0.29) is 0 Å². The molecule has 2 rings (SSSR count). The van der Waals surface area contributed by atoms with Crippen molar-refractivity contribution in [2.45, 2.75) is 0 Å². The summed E-state index contributed by atoms with van der Waals surface area (Å²) in [5.74, 6) is 0. The van der Waals surface area contributed by atoms with E-state index in [4.69, 9.17) is 0 Å². The van der Waals surface area contributed by atoms with E-state index < -0.39 is 0 Å². The quantitative estimate of drug-likeness (QED) is 0.523. The third-order valence-corrected chi connectivity index (χ3v) is 2.01. The van der Waals surface area contributed by atoms with Crippen LogP contribution in [0.4, 0.5) is 0 Å². The van der Waals surface area contributed by atoms with Gasteiger partial charge in [0.05, 0.1) is 0 Å². The Balaban J connectivity index is 2.91. The van der Waals surface area contributed by atoms with Crippen LogP contribution in [0.1, 0.15) is 0 Å². The maximum absolute atomic E-state index is 4.09. The Hall–Kier alpha value is -0.850. The minimum Gasteiger partial charge on any atom is -0.248 e. The van der Waals surface area contributed by atoms with Crippen molar-refractivity contribution in [1.82, 2.24) is 19.9 Å². The lowest BCUT2D eigenvalue weighted by atomic mass is 10.5. The first-order valence-corrected chi connectivity index (χ1v) is 4.03. The summed E-state index contributed by atoms with van der Waals surface area (Å²) in [6.45, 7) is 0. The molecule has 54 valence electrons. The molecule has 11 heavy (non-hydrogen) atoms. The van der Waals surface area contributed by atoms with Gasteiger partial charge in [-0.3, -0.25) is 0 Å². The van der Waals surface area contributed by atoms with Crippen LogP contribution in [0.3, 0.4) is 0 Å². The van der Waals surface area contributed by atoms with Crippen LogP contribution in [0.15, 0.2) is 18.7 Å². The lowest BCUT2D eigenvalue weighted by Crippen LogP contribution is -1.91. The van der Waals surface area contributed by atoms with Crippen molar-refractivity contribution in [2.75, 3.05) is 0 Å².